The van der Waals surface area contributed by atoms with Gasteiger partial charge >= 0.3 is 0 Å². The van der Waals surface area contributed by atoms with Crippen molar-refractivity contribution in [1.82, 2.24) is 29.9 Å². The van der Waals surface area contributed by atoms with Gasteiger partial charge in [-0.2, -0.15) is 5.10 Å². The fourth-order valence-corrected chi connectivity index (χ4v) is 2.87. The minimum atomic E-state index is -0.274. The molecule has 4 rings (SSSR count). The predicted molar refractivity (Wildman–Crippen MR) is 97.6 cm³/mol. The molecule has 3 heterocycles. The summed E-state index contributed by atoms with van der Waals surface area (Å²) >= 11 is 0. The molecule has 26 heavy (non-hydrogen) atoms. The van der Waals surface area contributed by atoms with Crippen LogP contribution in [0.15, 0.2) is 55.1 Å². The van der Waals surface area contributed by atoms with Crippen LogP contribution in [0.25, 0.3) is 16.9 Å². The van der Waals surface area contributed by atoms with Crippen LogP contribution in [0, 0.1) is 6.92 Å². The monoisotopic (exact) mass is 346 g/mol. The normalized spacial score (nSPS) is 12.2. The van der Waals surface area contributed by atoms with Gasteiger partial charge in [0.25, 0.3) is 5.91 Å². The average Bonchev–Trinajstić information content (AvgIpc) is 3.33. The number of rotatable bonds is 4. The van der Waals surface area contributed by atoms with E-state index < -0.39 is 0 Å². The molecule has 7 nitrogen and oxygen atoms in total. The van der Waals surface area contributed by atoms with Gasteiger partial charge in [-0.25, -0.2) is 9.97 Å². The van der Waals surface area contributed by atoms with E-state index >= 15 is 0 Å². The van der Waals surface area contributed by atoms with Crippen LogP contribution in [0.3, 0.4) is 0 Å². The van der Waals surface area contributed by atoms with Crippen LogP contribution in [0.1, 0.15) is 34.7 Å². The smallest absolute Gasteiger partial charge is 0.252 e. The van der Waals surface area contributed by atoms with Crippen molar-refractivity contribution in [3.63, 3.8) is 0 Å². The fraction of sp³-hybridized carbons (Fsp3) is 0.158. The SMILES string of the molecule is Cc1ccc(-c2cc(C(=O)N[C@@H](C)c3ncn[nH]3)cc3nccn23)cc1. The van der Waals surface area contributed by atoms with E-state index in [1.54, 1.807) is 12.3 Å². The summed E-state index contributed by atoms with van der Waals surface area (Å²) in [5, 5.41) is 9.52. The Hall–Kier alpha value is -3.48. The first-order valence-electron chi connectivity index (χ1n) is 8.32. The molecule has 1 amide bonds. The van der Waals surface area contributed by atoms with E-state index in [0.717, 1.165) is 16.9 Å². The largest absolute Gasteiger partial charge is 0.342 e. The molecular formula is C19H18N6O. The lowest BCUT2D eigenvalue weighted by atomic mass is 10.1. The lowest BCUT2D eigenvalue weighted by Crippen LogP contribution is -2.27. The lowest BCUT2D eigenvalue weighted by molar-refractivity contribution is 0.0938. The summed E-state index contributed by atoms with van der Waals surface area (Å²) in [6, 6.07) is 11.6. The highest BCUT2D eigenvalue weighted by Crippen LogP contribution is 2.23. The molecule has 2 N–H and O–H groups in total. The van der Waals surface area contributed by atoms with Crippen molar-refractivity contribution in [1.29, 1.82) is 0 Å². The number of carbonyl (C=O) groups is 1. The average molecular weight is 346 g/mol. The third-order valence-corrected chi connectivity index (χ3v) is 4.31. The van der Waals surface area contributed by atoms with E-state index in [-0.39, 0.29) is 11.9 Å². The van der Waals surface area contributed by atoms with Gasteiger partial charge in [-0.15, -0.1) is 0 Å². The number of aryl methyl sites for hydroxylation is 1. The van der Waals surface area contributed by atoms with E-state index in [4.69, 9.17) is 0 Å². The molecule has 0 fully saturated rings. The maximum atomic E-state index is 12.7. The number of nitrogens with one attached hydrogen (secondary N) is 2. The first kappa shape index (κ1) is 16.0. The number of H-pyrrole nitrogens is 1. The zero-order valence-corrected chi connectivity index (χ0v) is 14.5. The van der Waals surface area contributed by atoms with Gasteiger partial charge in [0.1, 0.15) is 17.8 Å². The van der Waals surface area contributed by atoms with E-state index in [1.807, 2.05) is 42.6 Å². The zero-order chi connectivity index (χ0) is 18.1. The predicted octanol–water partition coefficient (Wildman–Crippen LogP) is 2.92. The van der Waals surface area contributed by atoms with Crippen LogP contribution in [-0.4, -0.2) is 30.5 Å². The van der Waals surface area contributed by atoms with Gasteiger partial charge in [0.05, 0.1) is 11.7 Å². The first-order valence-corrected chi connectivity index (χ1v) is 8.32. The number of benzene rings is 1. The molecule has 7 heteroatoms. The van der Waals surface area contributed by atoms with Gasteiger partial charge in [0, 0.05) is 18.0 Å². The Morgan fingerprint density at radius 2 is 2.00 bits per heavy atom. The van der Waals surface area contributed by atoms with E-state index in [0.29, 0.717) is 11.4 Å². The minimum Gasteiger partial charge on any atom is -0.342 e. The standard InChI is InChI=1S/C19H18N6O/c1-12-3-5-14(6-4-12)16-9-15(10-17-20-7-8-25(16)17)19(26)23-13(2)18-21-11-22-24-18/h3-11,13H,1-2H3,(H,23,26)(H,21,22,24)/t13-/m0/s1. The number of carbonyl (C=O) groups excluding carboxylic acids is 1. The molecular weight excluding hydrogens is 328 g/mol. The minimum absolute atomic E-state index is 0.187. The molecule has 4 aromatic rings. The molecule has 3 aromatic heterocycles. The third kappa shape index (κ3) is 2.95. The van der Waals surface area contributed by atoms with Crippen LogP contribution in [0.4, 0.5) is 0 Å². The zero-order valence-electron chi connectivity index (χ0n) is 14.5. The molecule has 0 bridgehead atoms. The van der Waals surface area contributed by atoms with Crippen LogP contribution in [0.5, 0.6) is 0 Å². The molecule has 0 aliphatic heterocycles. The Labute approximate surface area is 150 Å². The van der Waals surface area contributed by atoms with E-state index in [9.17, 15) is 4.79 Å². The molecule has 1 aromatic carbocycles. The van der Waals surface area contributed by atoms with Crippen molar-refractivity contribution in [2.75, 3.05) is 0 Å². The highest BCUT2D eigenvalue weighted by Gasteiger charge is 2.16. The second-order valence-corrected chi connectivity index (χ2v) is 6.22. The number of nitrogens with zero attached hydrogens (tertiary/aromatic N) is 4. The number of pyridine rings is 1. The fourth-order valence-electron chi connectivity index (χ4n) is 2.87. The van der Waals surface area contributed by atoms with Crippen LogP contribution < -0.4 is 5.32 Å². The summed E-state index contributed by atoms with van der Waals surface area (Å²) in [6.07, 6.45) is 5.04. The van der Waals surface area contributed by atoms with Crippen LogP contribution >= 0.6 is 0 Å². The topological polar surface area (TPSA) is 88.0 Å². The van der Waals surface area contributed by atoms with Crippen LogP contribution in [-0.2, 0) is 0 Å². The maximum Gasteiger partial charge on any atom is 0.252 e. The molecule has 130 valence electrons. The molecule has 1 atom stereocenters. The molecule has 0 unspecified atom stereocenters. The van der Waals surface area contributed by atoms with E-state index in [2.05, 4.69) is 37.6 Å². The number of hydrogen-bond acceptors (Lipinski definition) is 4. The van der Waals surface area contributed by atoms with Gasteiger partial charge in [0.2, 0.25) is 0 Å². The Kier molecular flexibility index (Phi) is 3.96. The highest BCUT2D eigenvalue weighted by molar-refractivity contribution is 5.96. The molecule has 0 radical (unpaired) electrons. The molecule has 0 spiro atoms. The summed E-state index contributed by atoms with van der Waals surface area (Å²) in [4.78, 5) is 21.2. The Bertz CT molecular complexity index is 1050. The summed E-state index contributed by atoms with van der Waals surface area (Å²) in [5.41, 5.74) is 4.39. The number of imidazole rings is 1. The molecule has 0 aliphatic carbocycles. The third-order valence-electron chi connectivity index (χ3n) is 4.31. The number of fused-ring (bicyclic) bond motifs is 1. The molecule has 0 saturated carbocycles. The van der Waals surface area contributed by atoms with Crippen molar-refractivity contribution in [3.05, 3.63) is 72.1 Å². The van der Waals surface area contributed by atoms with E-state index in [1.165, 1.54) is 11.9 Å². The lowest BCUT2D eigenvalue weighted by Gasteiger charge is -2.13. The highest BCUT2D eigenvalue weighted by atomic mass is 16.1. The quantitative estimate of drug-likeness (QED) is 0.595. The first-order chi connectivity index (χ1) is 12.6. The Balaban J connectivity index is 1.71. The maximum absolute atomic E-state index is 12.7. The molecule has 0 saturated heterocycles. The van der Waals surface area contributed by atoms with Crippen molar-refractivity contribution in [3.8, 4) is 11.3 Å². The van der Waals surface area contributed by atoms with Crippen molar-refractivity contribution in [2.45, 2.75) is 19.9 Å². The van der Waals surface area contributed by atoms with Crippen molar-refractivity contribution >= 4 is 11.6 Å². The summed E-state index contributed by atoms with van der Waals surface area (Å²) in [6.45, 7) is 3.90. The number of aromatic nitrogens is 5. The summed E-state index contributed by atoms with van der Waals surface area (Å²) in [7, 11) is 0. The summed E-state index contributed by atoms with van der Waals surface area (Å²) < 4.78 is 1.97. The Morgan fingerprint density at radius 1 is 1.19 bits per heavy atom. The van der Waals surface area contributed by atoms with Gasteiger partial charge in [-0.1, -0.05) is 29.8 Å². The second-order valence-electron chi connectivity index (χ2n) is 6.22. The van der Waals surface area contributed by atoms with Gasteiger partial charge in [-0.05, 0) is 31.5 Å². The number of aromatic amines is 1. The Morgan fingerprint density at radius 3 is 2.73 bits per heavy atom. The van der Waals surface area contributed by atoms with Gasteiger partial charge in [0.15, 0.2) is 0 Å². The molecule has 0 aliphatic rings. The summed E-state index contributed by atoms with van der Waals surface area (Å²) in [5.74, 6) is 0.423. The van der Waals surface area contributed by atoms with Gasteiger partial charge in [-0.3, -0.25) is 14.3 Å². The van der Waals surface area contributed by atoms with Crippen LogP contribution in [0.2, 0.25) is 0 Å². The van der Waals surface area contributed by atoms with Gasteiger partial charge < -0.3 is 5.32 Å². The second kappa shape index (κ2) is 6.44. The van der Waals surface area contributed by atoms with Crippen molar-refractivity contribution < 1.29 is 4.79 Å². The van der Waals surface area contributed by atoms with Crippen molar-refractivity contribution in [2.24, 2.45) is 0 Å². The number of hydrogen-bond donors (Lipinski definition) is 2. The number of amides is 1.